The summed E-state index contributed by atoms with van der Waals surface area (Å²) in [4.78, 5) is 5.30. The second-order valence-corrected chi connectivity index (χ2v) is 8.26. The highest BCUT2D eigenvalue weighted by molar-refractivity contribution is 7.99. The van der Waals surface area contributed by atoms with Crippen LogP contribution in [0.3, 0.4) is 0 Å². The van der Waals surface area contributed by atoms with Gasteiger partial charge in [0.15, 0.2) is 0 Å². The zero-order valence-electron chi connectivity index (χ0n) is 13.0. The van der Waals surface area contributed by atoms with Gasteiger partial charge in [0.05, 0.1) is 0 Å². The molecule has 2 rings (SSSR count). The van der Waals surface area contributed by atoms with E-state index in [4.69, 9.17) is 0 Å². The molecule has 0 saturated carbocycles. The molecule has 19 heavy (non-hydrogen) atoms. The van der Waals surface area contributed by atoms with Gasteiger partial charge in [-0.3, -0.25) is 0 Å². The summed E-state index contributed by atoms with van der Waals surface area (Å²) in [5, 5.41) is 3.65. The van der Waals surface area contributed by atoms with Crippen molar-refractivity contribution in [3.63, 3.8) is 0 Å². The molecule has 2 heterocycles. The maximum atomic E-state index is 3.65. The van der Waals surface area contributed by atoms with E-state index in [0.29, 0.717) is 0 Å². The van der Waals surface area contributed by atoms with Crippen LogP contribution in [0, 0.1) is 5.92 Å². The first-order chi connectivity index (χ1) is 9.03. The molecular formula is C15H31N3S. The largest absolute Gasteiger partial charge is 0.312 e. The molecule has 1 unspecified atom stereocenters. The van der Waals surface area contributed by atoms with Gasteiger partial charge in [0.25, 0.3) is 0 Å². The second-order valence-electron chi connectivity index (χ2n) is 7.04. The maximum Gasteiger partial charge on any atom is 0.0110 e. The Morgan fingerprint density at radius 3 is 2.42 bits per heavy atom. The van der Waals surface area contributed by atoms with Crippen molar-refractivity contribution in [2.24, 2.45) is 5.92 Å². The molecule has 4 heteroatoms. The van der Waals surface area contributed by atoms with Crippen LogP contribution >= 0.6 is 11.8 Å². The fraction of sp³-hybridized carbons (Fsp3) is 1.00. The Balaban J connectivity index is 1.59. The molecule has 2 aliphatic heterocycles. The summed E-state index contributed by atoms with van der Waals surface area (Å²) in [5.41, 5.74) is 0.263. The summed E-state index contributed by atoms with van der Waals surface area (Å²) in [7, 11) is 0. The lowest BCUT2D eigenvalue weighted by Gasteiger charge is -2.28. The summed E-state index contributed by atoms with van der Waals surface area (Å²) in [6.07, 6.45) is 1.37. The van der Waals surface area contributed by atoms with Crippen LogP contribution in [0.2, 0.25) is 0 Å². The van der Waals surface area contributed by atoms with Crippen LogP contribution in [0.5, 0.6) is 0 Å². The lowest BCUT2D eigenvalue weighted by Crippen LogP contribution is -2.41. The quantitative estimate of drug-likeness (QED) is 0.829. The van der Waals surface area contributed by atoms with Gasteiger partial charge in [-0.15, -0.1) is 0 Å². The lowest BCUT2D eigenvalue weighted by atomic mass is 10.1. The molecule has 0 aromatic rings. The van der Waals surface area contributed by atoms with Crippen LogP contribution < -0.4 is 5.32 Å². The molecule has 0 amide bonds. The third-order valence-corrected chi connectivity index (χ3v) is 5.07. The van der Waals surface area contributed by atoms with Gasteiger partial charge in [-0.1, -0.05) is 0 Å². The minimum Gasteiger partial charge on any atom is -0.312 e. The standard InChI is InChI=1S/C15H31N3S/c1-15(2,3)16-12-14-4-5-18(13-14)7-6-17-8-10-19-11-9-17/h14,16H,4-13H2,1-3H3. The molecule has 0 aliphatic carbocycles. The molecule has 1 N–H and O–H groups in total. The van der Waals surface area contributed by atoms with Crippen LogP contribution in [-0.4, -0.2) is 72.7 Å². The number of rotatable bonds is 5. The van der Waals surface area contributed by atoms with Gasteiger partial charge in [0, 0.05) is 49.8 Å². The monoisotopic (exact) mass is 285 g/mol. The molecule has 0 spiro atoms. The molecule has 2 fully saturated rings. The highest BCUT2D eigenvalue weighted by atomic mass is 32.2. The summed E-state index contributed by atoms with van der Waals surface area (Å²) < 4.78 is 0. The van der Waals surface area contributed by atoms with Gasteiger partial charge >= 0.3 is 0 Å². The van der Waals surface area contributed by atoms with Gasteiger partial charge in [-0.05, 0) is 46.2 Å². The molecule has 112 valence electrons. The van der Waals surface area contributed by atoms with Gasteiger partial charge < -0.3 is 15.1 Å². The van der Waals surface area contributed by atoms with Crippen molar-refractivity contribution >= 4 is 11.8 Å². The first kappa shape index (κ1) is 15.6. The van der Waals surface area contributed by atoms with Crippen molar-refractivity contribution < 1.29 is 0 Å². The molecular weight excluding hydrogens is 254 g/mol. The Kier molecular flexibility index (Phi) is 6.00. The number of hydrogen-bond donors (Lipinski definition) is 1. The summed E-state index contributed by atoms with van der Waals surface area (Å²) in [6, 6.07) is 0. The van der Waals surface area contributed by atoms with E-state index in [1.165, 1.54) is 63.7 Å². The summed E-state index contributed by atoms with van der Waals surface area (Å²) >= 11 is 2.10. The fourth-order valence-corrected chi connectivity index (χ4v) is 3.82. The molecule has 2 aliphatic rings. The van der Waals surface area contributed by atoms with Crippen molar-refractivity contribution in [3.8, 4) is 0 Å². The van der Waals surface area contributed by atoms with Crippen molar-refractivity contribution in [2.45, 2.75) is 32.7 Å². The minimum atomic E-state index is 0.263. The SMILES string of the molecule is CC(C)(C)NCC1CCN(CCN2CCSCC2)C1. The summed E-state index contributed by atoms with van der Waals surface area (Å²) in [6.45, 7) is 15.7. The van der Waals surface area contributed by atoms with Gasteiger partial charge in [0.2, 0.25) is 0 Å². The van der Waals surface area contributed by atoms with Gasteiger partial charge in [0.1, 0.15) is 0 Å². The Hall–Kier alpha value is 0.230. The Bertz CT molecular complexity index is 259. The fourth-order valence-electron chi connectivity index (χ4n) is 2.84. The van der Waals surface area contributed by atoms with Crippen molar-refractivity contribution in [2.75, 3.05) is 57.3 Å². The smallest absolute Gasteiger partial charge is 0.0110 e. The van der Waals surface area contributed by atoms with Crippen LogP contribution in [0.1, 0.15) is 27.2 Å². The molecule has 0 radical (unpaired) electrons. The number of hydrogen-bond acceptors (Lipinski definition) is 4. The predicted octanol–water partition coefficient (Wildman–Crippen LogP) is 1.75. The third-order valence-electron chi connectivity index (χ3n) is 4.13. The van der Waals surface area contributed by atoms with Crippen LogP contribution in [0.25, 0.3) is 0 Å². The molecule has 0 bridgehead atoms. The molecule has 0 aromatic heterocycles. The molecule has 2 saturated heterocycles. The zero-order valence-corrected chi connectivity index (χ0v) is 13.8. The van der Waals surface area contributed by atoms with Crippen molar-refractivity contribution in [3.05, 3.63) is 0 Å². The average molecular weight is 286 g/mol. The second kappa shape index (κ2) is 7.30. The van der Waals surface area contributed by atoms with Crippen molar-refractivity contribution in [1.82, 2.24) is 15.1 Å². The van der Waals surface area contributed by atoms with Crippen LogP contribution in [0.15, 0.2) is 0 Å². The molecule has 3 nitrogen and oxygen atoms in total. The molecule has 0 aromatic carbocycles. The van der Waals surface area contributed by atoms with E-state index in [2.05, 4.69) is 47.6 Å². The van der Waals surface area contributed by atoms with Crippen molar-refractivity contribution in [1.29, 1.82) is 0 Å². The van der Waals surface area contributed by atoms with E-state index in [1.54, 1.807) is 0 Å². The first-order valence-corrected chi connectivity index (χ1v) is 8.96. The molecule has 1 atom stereocenters. The van der Waals surface area contributed by atoms with Crippen LogP contribution in [-0.2, 0) is 0 Å². The van der Waals surface area contributed by atoms with E-state index in [-0.39, 0.29) is 5.54 Å². The normalized spacial score (nSPS) is 27.0. The first-order valence-electron chi connectivity index (χ1n) is 7.80. The third kappa shape index (κ3) is 6.03. The van der Waals surface area contributed by atoms with E-state index >= 15 is 0 Å². The van der Waals surface area contributed by atoms with Gasteiger partial charge in [-0.2, -0.15) is 11.8 Å². The van der Waals surface area contributed by atoms with E-state index in [0.717, 1.165) is 5.92 Å². The van der Waals surface area contributed by atoms with E-state index in [9.17, 15) is 0 Å². The highest BCUT2D eigenvalue weighted by Crippen LogP contribution is 2.16. The van der Waals surface area contributed by atoms with E-state index < -0.39 is 0 Å². The zero-order chi connectivity index (χ0) is 13.7. The highest BCUT2D eigenvalue weighted by Gasteiger charge is 2.24. The number of nitrogens with zero attached hydrogens (tertiary/aromatic N) is 2. The van der Waals surface area contributed by atoms with Gasteiger partial charge in [-0.25, -0.2) is 0 Å². The number of thioether (sulfide) groups is 1. The average Bonchev–Trinajstić information content (AvgIpc) is 2.82. The number of nitrogens with one attached hydrogen (secondary N) is 1. The minimum absolute atomic E-state index is 0.263. The topological polar surface area (TPSA) is 18.5 Å². The van der Waals surface area contributed by atoms with Crippen LogP contribution in [0.4, 0.5) is 0 Å². The maximum absolute atomic E-state index is 3.65. The summed E-state index contributed by atoms with van der Waals surface area (Å²) in [5.74, 6) is 3.52. The Morgan fingerprint density at radius 2 is 1.74 bits per heavy atom. The predicted molar refractivity (Wildman–Crippen MR) is 86.1 cm³/mol. The number of likely N-dealkylation sites (tertiary alicyclic amines) is 1. The Labute approximate surface area is 123 Å². The Morgan fingerprint density at radius 1 is 1.05 bits per heavy atom. The lowest BCUT2D eigenvalue weighted by molar-refractivity contribution is 0.234. The van der Waals surface area contributed by atoms with E-state index in [1.807, 2.05) is 0 Å².